The second kappa shape index (κ2) is 5.42. The third-order valence-corrected chi connectivity index (χ3v) is 3.53. The number of aliphatic hydroxyl groups excluding tert-OH is 1. The lowest BCUT2D eigenvalue weighted by Crippen LogP contribution is -2.27. The molecule has 1 aromatic rings. The summed E-state index contributed by atoms with van der Waals surface area (Å²) in [7, 11) is 0. The Morgan fingerprint density at radius 2 is 2.06 bits per heavy atom. The van der Waals surface area contributed by atoms with Gasteiger partial charge < -0.3 is 9.84 Å². The molecule has 1 fully saturated rings. The summed E-state index contributed by atoms with van der Waals surface area (Å²) in [5.41, 5.74) is -0.0439. The predicted molar refractivity (Wildman–Crippen MR) is 62.6 cm³/mol. The van der Waals surface area contributed by atoms with Crippen molar-refractivity contribution in [3.8, 4) is 0 Å². The molecule has 94 valence electrons. The largest absolute Gasteiger partial charge is 0.386 e. The van der Waals surface area contributed by atoms with Gasteiger partial charge in [-0.1, -0.05) is 0 Å². The molecule has 2 unspecified atom stereocenters. The summed E-state index contributed by atoms with van der Waals surface area (Å²) in [6, 6.07) is 2.04. The van der Waals surface area contributed by atoms with Gasteiger partial charge in [0.05, 0.1) is 10.6 Å². The first-order valence-corrected chi connectivity index (χ1v) is 6.33. The maximum Gasteiger partial charge on any atom is 0.137 e. The van der Waals surface area contributed by atoms with Gasteiger partial charge in [0.2, 0.25) is 0 Å². The average molecular weight is 307 g/mol. The Labute approximate surface area is 107 Å². The molecule has 0 saturated carbocycles. The van der Waals surface area contributed by atoms with E-state index in [4.69, 9.17) is 4.74 Å². The Morgan fingerprint density at radius 1 is 1.29 bits per heavy atom. The van der Waals surface area contributed by atoms with Crippen LogP contribution in [0.3, 0.4) is 0 Å². The molecule has 2 rings (SSSR count). The lowest BCUT2D eigenvalue weighted by Gasteiger charge is -2.27. The molecule has 0 aromatic heterocycles. The Kier molecular flexibility index (Phi) is 4.12. The molecule has 17 heavy (non-hydrogen) atoms. The van der Waals surface area contributed by atoms with Crippen LogP contribution in [0.5, 0.6) is 0 Å². The van der Waals surface area contributed by atoms with Gasteiger partial charge in [0.25, 0.3) is 0 Å². The zero-order valence-corrected chi connectivity index (χ0v) is 10.7. The van der Waals surface area contributed by atoms with E-state index in [0.29, 0.717) is 13.0 Å². The number of benzene rings is 1. The van der Waals surface area contributed by atoms with E-state index >= 15 is 0 Å². The van der Waals surface area contributed by atoms with Gasteiger partial charge in [-0.3, -0.25) is 0 Å². The maximum atomic E-state index is 13.6. The number of rotatable bonds is 2. The molecule has 1 aliphatic rings. The highest BCUT2D eigenvalue weighted by molar-refractivity contribution is 9.10. The summed E-state index contributed by atoms with van der Waals surface area (Å²) >= 11 is 2.90. The Bertz CT molecular complexity index is 406. The van der Waals surface area contributed by atoms with Crippen LogP contribution < -0.4 is 0 Å². The van der Waals surface area contributed by atoms with Gasteiger partial charge in [-0.2, -0.15) is 0 Å². The maximum absolute atomic E-state index is 13.6. The van der Waals surface area contributed by atoms with E-state index in [1.807, 2.05) is 0 Å². The fourth-order valence-corrected chi connectivity index (χ4v) is 2.29. The second-order valence-electron chi connectivity index (χ2n) is 4.14. The van der Waals surface area contributed by atoms with Crippen molar-refractivity contribution in [1.82, 2.24) is 0 Å². The van der Waals surface area contributed by atoms with Gasteiger partial charge in [-0.25, -0.2) is 8.78 Å². The minimum atomic E-state index is -1.11. The van der Waals surface area contributed by atoms with E-state index in [1.54, 1.807) is 0 Å². The Balaban J connectivity index is 2.23. The quantitative estimate of drug-likeness (QED) is 0.849. The van der Waals surface area contributed by atoms with Crippen LogP contribution in [-0.2, 0) is 4.74 Å². The summed E-state index contributed by atoms with van der Waals surface area (Å²) in [5.74, 6) is -1.21. The van der Waals surface area contributed by atoms with Crippen molar-refractivity contribution >= 4 is 15.9 Å². The Morgan fingerprint density at radius 3 is 2.71 bits per heavy atom. The van der Waals surface area contributed by atoms with E-state index in [0.717, 1.165) is 25.0 Å². The fourth-order valence-electron chi connectivity index (χ4n) is 1.98. The van der Waals surface area contributed by atoms with Crippen LogP contribution in [0.15, 0.2) is 16.6 Å². The summed E-state index contributed by atoms with van der Waals surface area (Å²) in [6.45, 7) is 0.558. The molecule has 0 spiro atoms. The topological polar surface area (TPSA) is 29.5 Å². The second-order valence-corrected chi connectivity index (χ2v) is 4.99. The van der Waals surface area contributed by atoms with Crippen LogP contribution in [0, 0.1) is 11.6 Å². The highest BCUT2D eigenvalue weighted by atomic mass is 79.9. The van der Waals surface area contributed by atoms with Crippen LogP contribution in [0.1, 0.15) is 30.9 Å². The van der Waals surface area contributed by atoms with Gasteiger partial charge in [0.1, 0.15) is 17.7 Å². The Hall–Kier alpha value is -0.520. The highest BCUT2D eigenvalue weighted by Gasteiger charge is 2.27. The lowest BCUT2D eigenvalue weighted by molar-refractivity contribution is -0.0645. The molecule has 0 bridgehead atoms. The summed E-state index contributed by atoms with van der Waals surface area (Å²) < 4.78 is 32.4. The normalized spacial score (nSPS) is 22.5. The van der Waals surface area contributed by atoms with Crippen molar-refractivity contribution < 1.29 is 18.6 Å². The molecule has 0 aliphatic carbocycles. The van der Waals surface area contributed by atoms with Crippen molar-refractivity contribution in [3.05, 3.63) is 33.8 Å². The molecular weight excluding hydrogens is 294 g/mol. The van der Waals surface area contributed by atoms with Crippen molar-refractivity contribution in [2.24, 2.45) is 0 Å². The minimum Gasteiger partial charge on any atom is -0.386 e. The van der Waals surface area contributed by atoms with E-state index in [-0.39, 0.29) is 10.0 Å². The zero-order valence-electron chi connectivity index (χ0n) is 9.13. The standard InChI is InChI=1S/C12H13BrF2O2/c13-8-6-9(14)7(5-10(8)15)12(16)11-3-1-2-4-17-11/h5-6,11-12,16H,1-4H2. The van der Waals surface area contributed by atoms with Crippen LogP contribution in [0.2, 0.25) is 0 Å². The number of aliphatic hydroxyl groups is 1. The molecule has 2 nitrogen and oxygen atoms in total. The lowest BCUT2D eigenvalue weighted by atomic mass is 9.98. The molecule has 0 amide bonds. The molecule has 1 heterocycles. The molecule has 1 aliphatic heterocycles. The van der Waals surface area contributed by atoms with Crippen molar-refractivity contribution in [3.63, 3.8) is 0 Å². The first-order valence-electron chi connectivity index (χ1n) is 5.53. The monoisotopic (exact) mass is 306 g/mol. The van der Waals surface area contributed by atoms with Gasteiger partial charge in [-0.05, 0) is 47.3 Å². The number of hydrogen-bond donors (Lipinski definition) is 1. The molecule has 1 saturated heterocycles. The van der Waals surface area contributed by atoms with Crippen molar-refractivity contribution in [1.29, 1.82) is 0 Å². The smallest absolute Gasteiger partial charge is 0.137 e. The van der Waals surface area contributed by atoms with Gasteiger partial charge >= 0.3 is 0 Å². The minimum absolute atomic E-state index is 0.0439. The average Bonchev–Trinajstić information content (AvgIpc) is 2.34. The van der Waals surface area contributed by atoms with Crippen molar-refractivity contribution in [2.45, 2.75) is 31.5 Å². The van der Waals surface area contributed by atoms with Crippen molar-refractivity contribution in [2.75, 3.05) is 6.61 Å². The van der Waals surface area contributed by atoms with Gasteiger partial charge in [0, 0.05) is 12.2 Å². The SMILES string of the molecule is OC(c1cc(F)c(Br)cc1F)C1CCCCO1. The molecule has 2 atom stereocenters. The van der Waals surface area contributed by atoms with Gasteiger partial charge in [-0.15, -0.1) is 0 Å². The van der Waals surface area contributed by atoms with E-state index < -0.39 is 23.8 Å². The first-order chi connectivity index (χ1) is 8.09. The van der Waals surface area contributed by atoms with Gasteiger partial charge in [0.15, 0.2) is 0 Å². The molecule has 1 N–H and O–H groups in total. The van der Waals surface area contributed by atoms with Crippen LogP contribution in [0.4, 0.5) is 8.78 Å². The number of halogens is 3. The van der Waals surface area contributed by atoms with Crippen LogP contribution in [0.25, 0.3) is 0 Å². The van der Waals surface area contributed by atoms with E-state index in [9.17, 15) is 13.9 Å². The zero-order chi connectivity index (χ0) is 12.4. The molecule has 5 heteroatoms. The van der Waals surface area contributed by atoms with Crippen LogP contribution >= 0.6 is 15.9 Å². The summed E-state index contributed by atoms with van der Waals surface area (Å²) in [4.78, 5) is 0. The van der Waals surface area contributed by atoms with E-state index in [2.05, 4.69) is 15.9 Å². The summed E-state index contributed by atoms with van der Waals surface area (Å²) in [6.07, 6.45) is 0.984. The summed E-state index contributed by atoms with van der Waals surface area (Å²) in [5, 5.41) is 9.99. The van der Waals surface area contributed by atoms with Crippen LogP contribution in [-0.4, -0.2) is 17.8 Å². The fraction of sp³-hybridized carbons (Fsp3) is 0.500. The van der Waals surface area contributed by atoms with E-state index in [1.165, 1.54) is 0 Å². The molecular formula is C12H13BrF2O2. The first kappa shape index (κ1) is 12.9. The highest BCUT2D eigenvalue weighted by Crippen LogP contribution is 2.30. The third-order valence-electron chi connectivity index (χ3n) is 2.93. The number of ether oxygens (including phenoxy) is 1. The molecule has 0 radical (unpaired) electrons. The predicted octanol–water partition coefficient (Wildman–Crippen LogP) is 3.33. The third kappa shape index (κ3) is 2.84. The number of hydrogen-bond acceptors (Lipinski definition) is 2. The molecule has 1 aromatic carbocycles.